The maximum absolute atomic E-state index is 14.6. The minimum atomic E-state index is -0.857. The third-order valence-electron chi connectivity index (χ3n) is 5.27. The van der Waals surface area contributed by atoms with Crippen molar-refractivity contribution in [2.24, 2.45) is 0 Å². The first kappa shape index (κ1) is 20.6. The molecule has 1 amide bonds. The first-order valence-electron chi connectivity index (χ1n) is 9.54. The van der Waals surface area contributed by atoms with E-state index in [1.165, 1.54) is 6.07 Å². The second-order valence-corrected chi connectivity index (χ2v) is 7.47. The molecule has 0 spiro atoms. The molecule has 28 heavy (non-hydrogen) atoms. The van der Waals surface area contributed by atoms with E-state index in [1.54, 1.807) is 43.5 Å². The average molecular weight is 406 g/mol. The van der Waals surface area contributed by atoms with Gasteiger partial charge in [-0.05, 0) is 37.1 Å². The third kappa shape index (κ3) is 4.47. The summed E-state index contributed by atoms with van der Waals surface area (Å²) < 4.78 is 25.0. The number of nitrogens with one attached hydrogen (secondary N) is 1. The Balaban J connectivity index is 1.81. The van der Waals surface area contributed by atoms with E-state index in [1.807, 2.05) is 0 Å². The van der Waals surface area contributed by atoms with E-state index in [9.17, 15) is 9.18 Å². The molecule has 0 unspecified atom stereocenters. The lowest BCUT2D eigenvalue weighted by atomic mass is 9.68. The van der Waals surface area contributed by atoms with Gasteiger partial charge >= 0.3 is 0 Å². The van der Waals surface area contributed by atoms with Gasteiger partial charge < -0.3 is 14.8 Å². The van der Waals surface area contributed by atoms with Gasteiger partial charge in [0, 0.05) is 18.4 Å². The summed E-state index contributed by atoms with van der Waals surface area (Å²) in [6.45, 7) is 0.846. The van der Waals surface area contributed by atoms with E-state index in [-0.39, 0.29) is 11.7 Å². The van der Waals surface area contributed by atoms with Crippen LogP contribution in [0.3, 0.4) is 0 Å². The number of anilines is 1. The van der Waals surface area contributed by atoms with Gasteiger partial charge in [-0.1, -0.05) is 49.1 Å². The van der Waals surface area contributed by atoms with Crippen LogP contribution in [0.5, 0.6) is 5.75 Å². The molecule has 150 valence electrons. The second-order valence-electron chi connectivity index (χ2n) is 7.06. The van der Waals surface area contributed by atoms with Crippen LogP contribution in [-0.4, -0.2) is 26.2 Å². The molecule has 0 atom stereocenters. The van der Waals surface area contributed by atoms with Gasteiger partial charge in [-0.15, -0.1) is 0 Å². The highest BCUT2D eigenvalue weighted by Crippen LogP contribution is 2.41. The van der Waals surface area contributed by atoms with E-state index < -0.39 is 5.41 Å². The van der Waals surface area contributed by atoms with Crippen LogP contribution in [0.2, 0.25) is 5.02 Å². The Morgan fingerprint density at radius 3 is 2.57 bits per heavy atom. The van der Waals surface area contributed by atoms with Crippen LogP contribution >= 0.6 is 11.6 Å². The molecule has 1 aliphatic rings. The normalized spacial score (nSPS) is 15.8. The summed E-state index contributed by atoms with van der Waals surface area (Å²) in [5, 5.41) is 3.34. The maximum atomic E-state index is 14.6. The Morgan fingerprint density at radius 2 is 1.89 bits per heavy atom. The molecule has 3 rings (SSSR count). The van der Waals surface area contributed by atoms with Crippen LogP contribution < -0.4 is 10.1 Å². The number of ether oxygens (including phenoxy) is 2. The Labute approximate surface area is 170 Å². The topological polar surface area (TPSA) is 47.6 Å². The zero-order valence-corrected chi connectivity index (χ0v) is 16.7. The van der Waals surface area contributed by atoms with Crippen molar-refractivity contribution >= 4 is 23.2 Å². The highest BCUT2D eigenvalue weighted by atomic mass is 35.5. The van der Waals surface area contributed by atoms with Crippen molar-refractivity contribution in [1.29, 1.82) is 0 Å². The summed E-state index contributed by atoms with van der Waals surface area (Å²) in [5.74, 6) is -0.000842. The van der Waals surface area contributed by atoms with Crippen LogP contribution in [0.25, 0.3) is 0 Å². The quantitative estimate of drug-likeness (QED) is 0.632. The van der Waals surface area contributed by atoms with E-state index in [0.29, 0.717) is 48.1 Å². The summed E-state index contributed by atoms with van der Waals surface area (Å²) in [6, 6.07) is 11.7. The van der Waals surface area contributed by atoms with Crippen molar-refractivity contribution in [3.8, 4) is 5.75 Å². The summed E-state index contributed by atoms with van der Waals surface area (Å²) in [7, 11) is 1.60. The molecular formula is C22H25ClFNO3. The van der Waals surface area contributed by atoms with E-state index in [0.717, 1.165) is 19.3 Å². The second kappa shape index (κ2) is 9.39. The molecule has 0 radical (unpaired) electrons. The van der Waals surface area contributed by atoms with Crippen molar-refractivity contribution in [3.63, 3.8) is 0 Å². The van der Waals surface area contributed by atoms with Crippen molar-refractivity contribution in [1.82, 2.24) is 0 Å². The number of benzene rings is 2. The highest BCUT2D eigenvalue weighted by Gasteiger charge is 2.42. The number of hydrogen-bond acceptors (Lipinski definition) is 3. The van der Waals surface area contributed by atoms with Crippen LogP contribution in [-0.2, 0) is 14.9 Å². The molecule has 1 aliphatic carbocycles. The smallest absolute Gasteiger partial charge is 0.235 e. The summed E-state index contributed by atoms with van der Waals surface area (Å²) >= 11 is 6.28. The molecule has 0 saturated heterocycles. The zero-order chi connectivity index (χ0) is 20.0. The predicted octanol–water partition coefficient (Wildman–Crippen LogP) is 5.34. The van der Waals surface area contributed by atoms with Crippen LogP contribution in [0.1, 0.15) is 37.7 Å². The molecule has 0 aliphatic heterocycles. The molecule has 1 saturated carbocycles. The number of rotatable bonds is 7. The molecule has 1 fully saturated rings. The summed E-state index contributed by atoms with van der Waals surface area (Å²) in [6.07, 6.45) is 4.11. The largest absolute Gasteiger partial charge is 0.490 e. The molecular weight excluding hydrogens is 381 g/mol. The van der Waals surface area contributed by atoms with Gasteiger partial charge in [-0.3, -0.25) is 4.79 Å². The van der Waals surface area contributed by atoms with E-state index >= 15 is 0 Å². The Kier molecular flexibility index (Phi) is 6.92. The molecule has 1 N–H and O–H groups in total. The fourth-order valence-corrected chi connectivity index (χ4v) is 4.04. The van der Waals surface area contributed by atoms with Gasteiger partial charge in [-0.2, -0.15) is 0 Å². The minimum Gasteiger partial charge on any atom is -0.490 e. The van der Waals surface area contributed by atoms with Crippen molar-refractivity contribution in [3.05, 3.63) is 58.9 Å². The first-order chi connectivity index (χ1) is 13.6. The maximum Gasteiger partial charge on any atom is 0.235 e. The minimum absolute atomic E-state index is 0.193. The number of methoxy groups -OCH3 is 1. The van der Waals surface area contributed by atoms with Gasteiger partial charge in [0.15, 0.2) is 0 Å². The molecule has 6 heteroatoms. The SMILES string of the molecule is COCCOc1ccc(NC(=O)C2(c3ccccc3F)CCCCC2)cc1Cl. The highest BCUT2D eigenvalue weighted by molar-refractivity contribution is 6.32. The molecule has 0 aromatic heterocycles. The van der Waals surface area contributed by atoms with Gasteiger partial charge in [0.05, 0.1) is 17.0 Å². The fourth-order valence-electron chi connectivity index (χ4n) is 3.80. The van der Waals surface area contributed by atoms with Gasteiger partial charge in [0.25, 0.3) is 0 Å². The van der Waals surface area contributed by atoms with Crippen molar-refractivity contribution in [2.45, 2.75) is 37.5 Å². The predicted molar refractivity (Wildman–Crippen MR) is 109 cm³/mol. The molecule has 2 aromatic rings. The standard InChI is InChI=1S/C22H25ClFNO3/c1-27-13-14-28-20-10-9-16(15-18(20)23)25-21(26)22(11-5-2-6-12-22)17-7-3-4-8-19(17)24/h3-4,7-10,15H,2,5-6,11-14H2,1H3,(H,25,26). The Bertz CT molecular complexity index is 821. The van der Waals surface area contributed by atoms with Gasteiger partial charge in [-0.25, -0.2) is 4.39 Å². The first-order valence-corrected chi connectivity index (χ1v) is 9.92. The van der Waals surface area contributed by atoms with Crippen LogP contribution in [0.15, 0.2) is 42.5 Å². The van der Waals surface area contributed by atoms with Crippen molar-refractivity contribution in [2.75, 3.05) is 25.6 Å². The Hall–Kier alpha value is -2.11. The summed E-state index contributed by atoms with van der Waals surface area (Å²) in [5.41, 5.74) is 0.178. The monoisotopic (exact) mass is 405 g/mol. The molecule has 0 bridgehead atoms. The van der Waals surface area contributed by atoms with Crippen molar-refractivity contribution < 1.29 is 18.7 Å². The number of hydrogen-bond donors (Lipinski definition) is 1. The lowest BCUT2D eigenvalue weighted by Gasteiger charge is -2.36. The van der Waals surface area contributed by atoms with Crippen LogP contribution in [0, 0.1) is 5.82 Å². The number of carbonyl (C=O) groups is 1. The number of amides is 1. The third-order valence-corrected chi connectivity index (χ3v) is 5.56. The molecule has 0 heterocycles. The average Bonchev–Trinajstić information content (AvgIpc) is 2.70. The van der Waals surface area contributed by atoms with Crippen LogP contribution in [0.4, 0.5) is 10.1 Å². The number of halogens is 2. The van der Waals surface area contributed by atoms with E-state index in [4.69, 9.17) is 21.1 Å². The van der Waals surface area contributed by atoms with E-state index in [2.05, 4.69) is 5.32 Å². The fraction of sp³-hybridized carbons (Fsp3) is 0.409. The zero-order valence-electron chi connectivity index (χ0n) is 16.0. The number of carbonyl (C=O) groups excluding carboxylic acids is 1. The van der Waals surface area contributed by atoms with Gasteiger partial charge in [0.1, 0.15) is 18.2 Å². The lowest BCUT2D eigenvalue weighted by molar-refractivity contribution is -0.122. The van der Waals surface area contributed by atoms with Gasteiger partial charge in [0.2, 0.25) is 5.91 Å². The molecule has 2 aromatic carbocycles. The Morgan fingerprint density at radius 1 is 1.14 bits per heavy atom. The summed E-state index contributed by atoms with van der Waals surface area (Å²) in [4.78, 5) is 13.3. The lowest BCUT2D eigenvalue weighted by Crippen LogP contribution is -2.42. The molecule has 4 nitrogen and oxygen atoms in total.